The van der Waals surface area contributed by atoms with E-state index in [1.54, 1.807) is 9.80 Å². The minimum Gasteiger partial charge on any atom is -0.467 e. The normalized spacial score (nSPS) is 16.5. The van der Waals surface area contributed by atoms with Crippen LogP contribution in [0, 0.1) is 6.92 Å². The Hall–Kier alpha value is -3.37. The van der Waals surface area contributed by atoms with E-state index in [-0.39, 0.29) is 29.7 Å². The molecule has 0 aliphatic carbocycles. The molecule has 4 rings (SSSR count). The molecule has 2 aromatic heterocycles. The lowest BCUT2D eigenvalue weighted by molar-refractivity contribution is -0.137. The van der Waals surface area contributed by atoms with Gasteiger partial charge in [0.1, 0.15) is 5.82 Å². The van der Waals surface area contributed by atoms with Crippen molar-refractivity contribution in [2.24, 2.45) is 0 Å². The highest BCUT2D eigenvalue weighted by Crippen LogP contribution is 2.40. The summed E-state index contributed by atoms with van der Waals surface area (Å²) >= 11 is 0. The van der Waals surface area contributed by atoms with Gasteiger partial charge in [0.15, 0.2) is 0 Å². The maximum absolute atomic E-state index is 13.8. The number of amides is 1. The molecule has 0 atom stereocenters. The zero-order valence-corrected chi connectivity index (χ0v) is 18.5. The number of methoxy groups -OCH3 is 1. The predicted octanol–water partition coefficient (Wildman–Crippen LogP) is 2.60. The van der Waals surface area contributed by atoms with Gasteiger partial charge in [-0.2, -0.15) is 23.1 Å². The molecule has 0 radical (unpaired) electrons. The van der Waals surface area contributed by atoms with Crippen LogP contribution in [0.15, 0.2) is 25.0 Å². The minimum atomic E-state index is -4.49. The van der Waals surface area contributed by atoms with Gasteiger partial charge in [-0.05, 0) is 25.0 Å². The number of hydrogen-bond donors (Lipinski definition) is 0. The summed E-state index contributed by atoms with van der Waals surface area (Å²) in [4.78, 5) is 30.3. The van der Waals surface area contributed by atoms with Gasteiger partial charge < -0.3 is 19.4 Å². The third-order valence-electron chi connectivity index (χ3n) is 6.01. The van der Waals surface area contributed by atoms with Gasteiger partial charge in [-0.1, -0.05) is 6.58 Å². The van der Waals surface area contributed by atoms with E-state index >= 15 is 0 Å². The van der Waals surface area contributed by atoms with Crippen molar-refractivity contribution in [1.29, 1.82) is 0 Å². The monoisotopic (exact) mass is 462 g/mol. The number of rotatable bonds is 4. The Morgan fingerprint density at radius 3 is 2.48 bits per heavy atom. The molecule has 4 heterocycles. The van der Waals surface area contributed by atoms with Crippen LogP contribution in [-0.4, -0.2) is 65.6 Å². The molecule has 0 unspecified atom stereocenters. The van der Waals surface area contributed by atoms with Crippen molar-refractivity contribution in [3.05, 3.63) is 47.4 Å². The molecule has 33 heavy (non-hydrogen) atoms. The molecule has 2 aliphatic rings. The number of hydrogen-bond acceptors (Lipinski definition) is 7. The summed E-state index contributed by atoms with van der Waals surface area (Å²) in [6, 6.07) is 0.161. The van der Waals surface area contributed by atoms with Crippen molar-refractivity contribution in [2.75, 3.05) is 49.6 Å². The van der Waals surface area contributed by atoms with E-state index in [0.717, 1.165) is 5.56 Å². The number of aromatic nitrogens is 3. The highest BCUT2D eigenvalue weighted by atomic mass is 19.4. The largest absolute Gasteiger partial charge is 0.467 e. The van der Waals surface area contributed by atoms with Gasteiger partial charge in [-0.15, -0.1) is 0 Å². The fraction of sp³-hybridized carbons (Fsp3) is 0.455. The molecule has 2 aromatic rings. The molecule has 0 spiro atoms. The Labute approximate surface area is 189 Å². The molecular formula is C22H25F3N6O2. The first-order valence-corrected chi connectivity index (χ1v) is 10.6. The van der Waals surface area contributed by atoms with E-state index in [1.165, 1.54) is 32.5 Å². The van der Waals surface area contributed by atoms with Crippen LogP contribution in [0.4, 0.5) is 24.7 Å². The molecule has 176 valence electrons. The van der Waals surface area contributed by atoms with Crippen molar-refractivity contribution in [3.8, 4) is 6.01 Å². The summed E-state index contributed by atoms with van der Waals surface area (Å²) in [6.45, 7) is 7.72. The van der Waals surface area contributed by atoms with E-state index in [2.05, 4.69) is 26.4 Å². The third kappa shape index (κ3) is 4.44. The number of carbonyl (C=O) groups is 1. The highest BCUT2D eigenvalue weighted by molar-refractivity contribution is 5.87. The van der Waals surface area contributed by atoms with Gasteiger partial charge >= 0.3 is 12.2 Å². The second-order valence-electron chi connectivity index (χ2n) is 8.00. The van der Waals surface area contributed by atoms with Crippen LogP contribution in [-0.2, 0) is 23.9 Å². The number of fused-ring (bicyclic) bond motifs is 1. The highest BCUT2D eigenvalue weighted by Gasteiger charge is 2.38. The Bertz CT molecular complexity index is 1070. The van der Waals surface area contributed by atoms with Crippen LogP contribution in [0.2, 0.25) is 0 Å². The summed E-state index contributed by atoms with van der Waals surface area (Å²) in [5.41, 5.74) is 0.972. The summed E-state index contributed by atoms with van der Waals surface area (Å²) in [5, 5.41) is 0. The topological polar surface area (TPSA) is 74.7 Å². The standard InChI is InChI=1S/C22H25F3N6O2/c1-4-18(32)29-7-9-30(10-8-29)20-15-5-6-31(13-16(15)27-21(28-20)33-3)17-12-26-11-14(2)19(17)22(23,24)25/h4,11-12H,1,5-10,13H2,2-3H3. The number of carbonyl (C=O) groups excluding carboxylic acids is 1. The van der Waals surface area contributed by atoms with Gasteiger partial charge in [-0.25, -0.2) is 0 Å². The second-order valence-corrected chi connectivity index (χ2v) is 8.00. The van der Waals surface area contributed by atoms with Crippen LogP contribution in [0.25, 0.3) is 0 Å². The first kappa shape index (κ1) is 22.8. The fourth-order valence-corrected chi connectivity index (χ4v) is 4.37. The van der Waals surface area contributed by atoms with Gasteiger partial charge in [0.25, 0.3) is 0 Å². The Kier molecular flexibility index (Phi) is 6.13. The SMILES string of the molecule is C=CC(=O)N1CCN(c2nc(OC)nc3c2CCN(c2cncc(C)c2C(F)(F)F)C3)CC1. The molecule has 0 N–H and O–H groups in total. The van der Waals surface area contributed by atoms with E-state index in [1.807, 2.05) is 0 Å². The predicted molar refractivity (Wildman–Crippen MR) is 116 cm³/mol. The van der Waals surface area contributed by atoms with Crippen molar-refractivity contribution < 1.29 is 22.7 Å². The van der Waals surface area contributed by atoms with E-state index in [9.17, 15) is 18.0 Å². The third-order valence-corrected chi connectivity index (χ3v) is 6.01. The lowest BCUT2D eigenvalue weighted by Gasteiger charge is -2.38. The lowest BCUT2D eigenvalue weighted by Crippen LogP contribution is -2.49. The number of piperazine rings is 1. The van der Waals surface area contributed by atoms with Crippen molar-refractivity contribution >= 4 is 17.4 Å². The number of ether oxygens (including phenoxy) is 1. The summed E-state index contributed by atoms with van der Waals surface area (Å²) < 4.78 is 46.6. The number of aryl methyl sites for hydroxylation is 1. The van der Waals surface area contributed by atoms with E-state index in [4.69, 9.17) is 4.74 Å². The zero-order valence-electron chi connectivity index (χ0n) is 18.5. The number of alkyl halides is 3. The molecule has 1 saturated heterocycles. The van der Waals surface area contributed by atoms with Crippen molar-refractivity contribution in [1.82, 2.24) is 19.9 Å². The molecular weight excluding hydrogens is 437 g/mol. The molecule has 0 bridgehead atoms. The van der Waals surface area contributed by atoms with Gasteiger partial charge in [0.2, 0.25) is 5.91 Å². The first-order chi connectivity index (χ1) is 15.7. The molecule has 0 saturated carbocycles. The summed E-state index contributed by atoms with van der Waals surface area (Å²) in [6.07, 6.45) is -0.221. The number of nitrogens with zero attached hydrogens (tertiary/aromatic N) is 6. The summed E-state index contributed by atoms with van der Waals surface area (Å²) in [5.74, 6) is 0.598. The molecule has 0 aromatic carbocycles. The van der Waals surface area contributed by atoms with E-state index in [0.29, 0.717) is 50.7 Å². The number of pyridine rings is 1. The fourth-order valence-electron chi connectivity index (χ4n) is 4.37. The molecule has 2 aliphatic heterocycles. The van der Waals surface area contributed by atoms with Gasteiger partial charge in [0, 0.05) is 44.5 Å². The van der Waals surface area contributed by atoms with Crippen LogP contribution in [0.3, 0.4) is 0 Å². The quantitative estimate of drug-likeness (QED) is 0.647. The van der Waals surface area contributed by atoms with Gasteiger partial charge in [0.05, 0.1) is 36.8 Å². The minimum absolute atomic E-state index is 0.0452. The second kappa shape index (κ2) is 8.87. The average molecular weight is 462 g/mol. The average Bonchev–Trinajstić information content (AvgIpc) is 2.81. The van der Waals surface area contributed by atoms with Crippen LogP contribution in [0.1, 0.15) is 22.4 Å². The molecule has 1 fully saturated rings. The molecule has 1 amide bonds. The van der Waals surface area contributed by atoms with E-state index < -0.39 is 11.7 Å². The maximum atomic E-state index is 13.8. The lowest BCUT2D eigenvalue weighted by atomic mass is 10.0. The van der Waals surface area contributed by atoms with Crippen LogP contribution >= 0.6 is 0 Å². The molecule has 11 heteroatoms. The maximum Gasteiger partial charge on any atom is 0.418 e. The number of halogens is 3. The Balaban J connectivity index is 1.64. The summed E-state index contributed by atoms with van der Waals surface area (Å²) in [7, 11) is 1.46. The van der Waals surface area contributed by atoms with Crippen molar-refractivity contribution in [2.45, 2.75) is 26.1 Å². The van der Waals surface area contributed by atoms with Gasteiger partial charge in [-0.3, -0.25) is 9.78 Å². The zero-order chi connectivity index (χ0) is 23.8. The number of anilines is 2. The van der Waals surface area contributed by atoms with Crippen LogP contribution in [0.5, 0.6) is 6.01 Å². The molecule has 8 nitrogen and oxygen atoms in total. The van der Waals surface area contributed by atoms with Crippen molar-refractivity contribution in [3.63, 3.8) is 0 Å². The van der Waals surface area contributed by atoms with Crippen LogP contribution < -0.4 is 14.5 Å². The Morgan fingerprint density at radius 1 is 1.12 bits per heavy atom. The first-order valence-electron chi connectivity index (χ1n) is 10.6. The Morgan fingerprint density at radius 2 is 1.85 bits per heavy atom. The smallest absolute Gasteiger partial charge is 0.418 e.